The fraction of sp³-hybridized carbons (Fsp3) is 0.636. The van der Waals surface area contributed by atoms with E-state index in [0.717, 1.165) is 24.4 Å². The molecule has 2 heterocycles. The van der Waals surface area contributed by atoms with Gasteiger partial charge in [-0.3, -0.25) is 9.69 Å². The number of hydrogen-bond donors (Lipinski definition) is 2. The summed E-state index contributed by atoms with van der Waals surface area (Å²) in [5, 5.41) is 9.14. The van der Waals surface area contributed by atoms with Crippen molar-refractivity contribution in [1.82, 2.24) is 14.5 Å². The standard InChI is InChI=1S/C11H18N4O2/c1-7(6-16)15-4-3-9-8(5-15)13-11(10(12)17)14(9)2/h7,16H,3-6H2,1-2H3,(H2,12,17). The highest BCUT2D eigenvalue weighted by Crippen LogP contribution is 2.20. The molecule has 3 N–H and O–H groups in total. The first kappa shape index (κ1) is 12.1. The molecule has 1 atom stereocenters. The molecule has 0 aliphatic carbocycles. The number of carbonyl (C=O) groups excluding carboxylic acids is 1. The number of amides is 1. The first-order valence-electron chi connectivity index (χ1n) is 5.73. The van der Waals surface area contributed by atoms with Crippen molar-refractivity contribution in [3.63, 3.8) is 0 Å². The number of aromatic nitrogens is 2. The quantitative estimate of drug-likeness (QED) is 0.726. The van der Waals surface area contributed by atoms with Crippen LogP contribution in [0.15, 0.2) is 0 Å². The summed E-state index contributed by atoms with van der Waals surface area (Å²) in [6, 6.07) is 0.113. The molecule has 0 fully saturated rings. The minimum absolute atomic E-state index is 0.113. The molecular formula is C11H18N4O2. The zero-order valence-corrected chi connectivity index (χ0v) is 10.2. The Bertz CT molecular complexity index is 441. The molecule has 2 rings (SSSR count). The Morgan fingerprint density at radius 3 is 2.94 bits per heavy atom. The maximum atomic E-state index is 11.2. The average Bonchev–Trinajstić information content (AvgIpc) is 2.65. The third-order valence-corrected chi connectivity index (χ3v) is 3.39. The Kier molecular flexibility index (Phi) is 3.17. The molecular weight excluding hydrogens is 220 g/mol. The third-order valence-electron chi connectivity index (χ3n) is 3.39. The van der Waals surface area contributed by atoms with Crippen molar-refractivity contribution in [2.24, 2.45) is 12.8 Å². The first-order valence-corrected chi connectivity index (χ1v) is 5.73. The van der Waals surface area contributed by atoms with Crippen LogP contribution in [0.2, 0.25) is 0 Å². The number of nitrogens with two attached hydrogens (primary N) is 1. The second-order valence-electron chi connectivity index (χ2n) is 4.50. The molecule has 0 radical (unpaired) electrons. The van der Waals surface area contributed by atoms with Gasteiger partial charge in [0.25, 0.3) is 5.91 Å². The average molecular weight is 238 g/mol. The summed E-state index contributed by atoms with van der Waals surface area (Å²) in [4.78, 5) is 17.6. The minimum Gasteiger partial charge on any atom is -0.395 e. The van der Waals surface area contributed by atoms with Crippen LogP contribution in [0.1, 0.15) is 28.9 Å². The summed E-state index contributed by atoms with van der Waals surface area (Å²) in [6.07, 6.45) is 0.830. The van der Waals surface area contributed by atoms with E-state index in [9.17, 15) is 4.79 Å². The number of nitrogens with zero attached hydrogens (tertiary/aromatic N) is 3. The number of primary amides is 1. The fourth-order valence-corrected chi connectivity index (χ4v) is 2.26. The molecule has 0 spiro atoms. The van der Waals surface area contributed by atoms with E-state index < -0.39 is 5.91 Å². The number of rotatable bonds is 3. The fourth-order valence-electron chi connectivity index (χ4n) is 2.26. The van der Waals surface area contributed by atoms with Crippen molar-refractivity contribution in [3.05, 3.63) is 17.2 Å². The molecule has 1 aliphatic rings. The lowest BCUT2D eigenvalue weighted by Gasteiger charge is -2.30. The van der Waals surface area contributed by atoms with Crippen LogP contribution in [0.25, 0.3) is 0 Å². The van der Waals surface area contributed by atoms with Crippen LogP contribution in [0.5, 0.6) is 0 Å². The number of aliphatic hydroxyl groups is 1. The highest BCUT2D eigenvalue weighted by Gasteiger charge is 2.26. The number of fused-ring (bicyclic) bond motifs is 1. The van der Waals surface area contributed by atoms with E-state index in [0.29, 0.717) is 12.4 Å². The summed E-state index contributed by atoms with van der Waals surface area (Å²) < 4.78 is 1.78. The van der Waals surface area contributed by atoms with Gasteiger partial charge in [0.15, 0.2) is 5.82 Å². The van der Waals surface area contributed by atoms with Crippen molar-refractivity contribution in [3.8, 4) is 0 Å². The lowest BCUT2D eigenvalue weighted by Crippen LogP contribution is -2.39. The van der Waals surface area contributed by atoms with E-state index in [4.69, 9.17) is 10.8 Å². The van der Waals surface area contributed by atoms with Crippen molar-refractivity contribution in [2.75, 3.05) is 13.2 Å². The second-order valence-corrected chi connectivity index (χ2v) is 4.50. The van der Waals surface area contributed by atoms with Crippen LogP contribution in [0, 0.1) is 0 Å². The maximum Gasteiger partial charge on any atom is 0.284 e. The monoisotopic (exact) mass is 238 g/mol. The summed E-state index contributed by atoms with van der Waals surface area (Å²) in [5.74, 6) is -0.183. The summed E-state index contributed by atoms with van der Waals surface area (Å²) >= 11 is 0. The Labute approximate surface area is 100 Å². The van der Waals surface area contributed by atoms with Gasteiger partial charge in [-0.15, -0.1) is 0 Å². The van der Waals surface area contributed by atoms with Gasteiger partial charge < -0.3 is 15.4 Å². The van der Waals surface area contributed by atoms with Crippen LogP contribution in [0.3, 0.4) is 0 Å². The van der Waals surface area contributed by atoms with Crippen molar-refractivity contribution in [1.29, 1.82) is 0 Å². The number of hydrogen-bond acceptors (Lipinski definition) is 4. The lowest BCUT2D eigenvalue weighted by atomic mass is 10.1. The lowest BCUT2D eigenvalue weighted by molar-refractivity contribution is 0.0987. The van der Waals surface area contributed by atoms with Crippen LogP contribution in [-0.4, -0.2) is 44.7 Å². The van der Waals surface area contributed by atoms with Gasteiger partial charge in [0, 0.05) is 38.3 Å². The van der Waals surface area contributed by atoms with E-state index in [1.807, 2.05) is 14.0 Å². The molecule has 1 amide bonds. The number of imidazole rings is 1. The van der Waals surface area contributed by atoms with Crippen LogP contribution in [0.4, 0.5) is 0 Å². The molecule has 0 saturated heterocycles. The van der Waals surface area contributed by atoms with Gasteiger partial charge in [-0.2, -0.15) is 0 Å². The van der Waals surface area contributed by atoms with Crippen LogP contribution < -0.4 is 5.73 Å². The Balaban J connectivity index is 2.27. The van der Waals surface area contributed by atoms with Crippen LogP contribution in [-0.2, 0) is 20.0 Å². The topological polar surface area (TPSA) is 84.4 Å². The van der Waals surface area contributed by atoms with Gasteiger partial charge in [-0.05, 0) is 6.92 Å². The van der Waals surface area contributed by atoms with Gasteiger partial charge >= 0.3 is 0 Å². The second kappa shape index (κ2) is 4.46. The third kappa shape index (κ3) is 2.05. The van der Waals surface area contributed by atoms with Crippen molar-refractivity contribution in [2.45, 2.75) is 25.9 Å². The highest BCUT2D eigenvalue weighted by molar-refractivity contribution is 5.89. The molecule has 0 saturated carbocycles. The molecule has 1 unspecified atom stereocenters. The molecule has 1 aromatic heterocycles. The predicted octanol–water partition coefficient (Wildman–Crippen LogP) is -0.742. The van der Waals surface area contributed by atoms with Crippen molar-refractivity contribution >= 4 is 5.91 Å². The molecule has 17 heavy (non-hydrogen) atoms. The predicted molar refractivity (Wildman–Crippen MR) is 62.4 cm³/mol. The zero-order chi connectivity index (χ0) is 12.6. The van der Waals surface area contributed by atoms with Crippen molar-refractivity contribution < 1.29 is 9.90 Å². The first-order chi connectivity index (χ1) is 8.04. The molecule has 6 nitrogen and oxygen atoms in total. The molecule has 0 bridgehead atoms. The smallest absolute Gasteiger partial charge is 0.284 e. The summed E-state index contributed by atoms with van der Waals surface area (Å²) in [5.41, 5.74) is 7.24. The molecule has 1 aromatic rings. The SMILES string of the molecule is CC(CO)N1CCc2c(nc(C(N)=O)n2C)C1. The van der Waals surface area contributed by atoms with E-state index in [-0.39, 0.29) is 12.6 Å². The van der Waals surface area contributed by atoms with Gasteiger partial charge in [0.05, 0.1) is 12.3 Å². The summed E-state index contributed by atoms with van der Waals surface area (Å²) in [7, 11) is 1.82. The van der Waals surface area contributed by atoms with E-state index in [1.54, 1.807) is 4.57 Å². The molecule has 0 aromatic carbocycles. The molecule has 94 valence electrons. The highest BCUT2D eigenvalue weighted by atomic mass is 16.3. The molecule has 6 heteroatoms. The Morgan fingerprint density at radius 2 is 2.35 bits per heavy atom. The Morgan fingerprint density at radius 1 is 1.65 bits per heavy atom. The van der Waals surface area contributed by atoms with E-state index in [1.165, 1.54) is 0 Å². The van der Waals surface area contributed by atoms with E-state index in [2.05, 4.69) is 9.88 Å². The van der Waals surface area contributed by atoms with E-state index >= 15 is 0 Å². The largest absolute Gasteiger partial charge is 0.395 e. The van der Waals surface area contributed by atoms with Gasteiger partial charge in [0.2, 0.25) is 0 Å². The maximum absolute atomic E-state index is 11.2. The van der Waals surface area contributed by atoms with Gasteiger partial charge in [-0.1, -0.05) is 0 Å². The normalized spacial score (nSPS) is 17.8. The zero-order valence-electron chi connectivity index (χ0n) is 10.2. The van der Waals surface area contributed by atoms with Crippen LogP contribution >= 0.6 is 0 Å². The molecule has 1 aliphatic heterocycles. The van der Waals surface area contributed by atoms with Gasteiger partial charge in [0.1, 0.15) is 0 Å². The number of aliphatic hydroxyl groups excluding tert-OH is 1. The number of carbonyl (C=O) groups is 1. The van der Waals surface area contributed by atoms with Gasteiger partial charge in [-0.25, -0.2) is 4.98 Å². The summed E-state index contributed by atoms with van der Waals surface area (Å²) in [6.45, 7) is 3.64. The minimum atomic E-state index is -0.497. The Hall–Kier alpha value is -1.40.